The summed E-state index contributed by atoms with van der Waals surface area (Å²) in [6.07, 6.45) is 41.1. The van der Waals surface area contributed by atoms with Crippen LogP contribution >= 0.6 is 0 Å². The van der Waals surface area contributed by atoms with Gasteiger partial charge < -0.3 is 9.84 Å². The molecular formula is C36H62O4. The highest BCUT2D eigenvalue weighted by molar-refractivity contribution is 5.69. The zero-order valence-corrected chi connectivity index (χ0v) is 26.1. The van der Waals surface area contributed by atoms with E-state index in [1.54, 1.807) is 0 Å². The van der Waals surface area contributed by atoms with E-state index in [4.69, 9.17) is 9.84 Å². The minimum Gasteiger partial charge on any atom is -0.481 e. The van der Waals surface area contributed by atoms with Crippen LogP contribution in [0.5, 0.6) is 0 Å². The predicted molar refractivity (Wildman–Crippen MR) is 172 cm³/mol. The molecular weight excluding hydrogens is 496 g/mol. The van der Waals surface area contributed by atoms with Crippen LogP contribution < -0.4 is 0 Å². The number of allylic oxidation sites excluding steroid dienone is 8. The molecule has 0 bridgehead atoms. The van der Waals surface area contributed by atoms with Crippen molar-refractivity contribution in [3.05, 3.63) is 48.6 Å². The van der Waals surface area contributed by atoms with Gasteiger partial charge in [0.1, 0.15) is 6.10 Å². The topological polar surface area (TPSA) is 63.6 Å². The summed E-state index contributed by atoms with van der Waals surface area (Å²) in [5.74, 6) is -0.850. The molecule has 0 saturated carbocycles. The third-order valence-electron chi connectivity index (χ3n) is 7.07. The lowest BCUT2D eigenvalue weighted by molar-refractivity contribution is -0.150. The monoisotopic (exact) mass is 558 g/mol. The van der Waals surface area contributed by atoms with E-state index in [0.717, 1.165) is 70.6 Å². The van der Waals surface area contributed by atoms with Gasteiger partial charge >= 0.3 is 11.9 Å². The summed E-state index contributed by atoms with van der Waals surface area (Å²) in [6, 6.07) is 0. The SMILES string of the molecule is CC/C=C\C/C=C\C/C=C\C/C=C\CCCCC(=O)OC(CCCCCCCCCCCC)CCCCC(=O)O. The first-order chi connectivity index (χ1) is 19.6. The van der Waals surface area contributed by atoms with Gasteiger partial charge in [0, 0.05) is 12.8 Å². The fraction of sp³-hybridized carbons (Fsp3) is 0.722. The van der Waals surface area contributed by atoms with E-state index in [-0.39, 0.29) is 18.5 Å². The fourth-order valence-electron chi connectivity index (χ4n) is 4.64. The molecule has 0 fully saturated rings. The maximum Gasteiger partial charge on any atom is 0.306 e. The summed E-state index contributed by atoms with van der Waals surface area (Å²) in [6.45, 7) is 4.40. The number of ether oxygens (including phenoxy) is 1. The van der Waals surface area contributed by atoms with E-state index in [1.165, 1.54) is 57.8 Å². The minimum absolute atomic E-state index is 0.0651. The van der Waals surface area contributed by atoms with Crippen molar-refractivity contribution in [2.75, 3.05) is 0 Å². The van der Waals surface area contributed by atoms with Crippen molar-refractivity contribution in [3.8, 4) is 0 Å². The average Bonchev–Trinajstić information content (AvgIpc) is 2.93. The van der Waals surface area contributed by atoms with Crippen molar-refractivity contribution in [1.29, 1.82) is 0 Å². The van der Waals surface area contributed by atoms with Crippen LogP contribution in [0.25, 0.3) is 0 Å². The third kappa shape index (κ3) is 30.4. The summed E-state index contributed by atoms with van der Waals surface area (Å²) < 4.78 is 5.84. The molecule has 0 heterocycles. The summed E-state index contributed by atoms with van der Waals surface area (Å²) in [7, 11) is 0. The van der Waals surface area contributed by atoms with Gasteiger partial charge in [-0.2, -0.15) is 0 Å². The molecule has 0 aromatic carbocycles. The van der Waals surface area contributed by atoms with E-state index in [0.29, 0.717) is 12.8 Å². The molecule has 4 nitrogen and oxygen atoms in total. The Bertz CT molecular complexity index is 689. The summed E-state index contributed by atoms with van der Waals surface area (Å²) >= 11 is 0. The van der Waals surface area contributed by atoms with Crippen molar-refractivity contribution in [2.24, 2.45) is 0 Å². The molecule has 1 atom stereocenters. The van der Waals surface area contributed by atoms with E-state index >= 15 is 0 Å². The molecule has 1 N–H and O–H groups in total. The number of hydrogen-bond donors (Lipinski definition) is 1. The first kappa shape index (κ1) is 37.9. The lowest BCUT2D eigenvalue weighted by Gasteiger charge is -2.18. The highest BCUT2D eigenvalue weighted by Crippen LogP contribution is 2.18. The highest BCUT2D eigenvalue weighted by atomic mass is 16.5. The van der Waals surface area contributed by atoms with Gasteiger partial charge in [-0.3, -0.25) is 9.59 Å². The zero-order valence-electron chi connectivity index (χ0n) is 26.1. The molecule has 0 aromatic rings. The average molecular weight is 559 g/mol. The number of carbonyl (C=O) groups excluding carboxylic acids is 1. The van der Waals surface area contributed by atoms with Crippen molar-refractivity contribution in [3.63, 3.8) is 0 Å². The molecule has 0 aromatic heterocycles. The van der Waals surface area contributed by atoms with Crippen LogP contribution in [0.4, 0.5) is 0 Å². The Labute approximate surface area is 247 Å². The number of esters is 1. The molecule has 4 heteroatoms. The number of carboxylic acid groups (broad SMARTS) is 1. The van der Waals surface area contributed by atoms with Gasteiger partial charge in [-0.1, -0.05) is 120 Å². The van der Waals surface area contributed by atoms with E-state index in [1.807, 2.05) is 0 Å². The van der Waals surface area contributed by atoms with Crippen LogP contribution in [0.2, 0.25) is 0 Å². The number of unbranched alkanes of at least 4 members (excludes halogenated alkanes) is 12. The Morgan fingerprint density at radius 1 is 0.575 bits per heavy atom. The van der Waals surface area contributed by atoms with Gasteiger partial charge in [-0.05, 0) is 77.0 Å². The second-order valence-corrected chi connectivity index (χ2v) is 11.0. The van der Waals surface area contributed by atoms with Crippen LogP contribution in [0, 0.1) is 0 Å². The minimum atomic E-state index is -0.753. The van der Waals surface area contributed by atoms with Crippen molar-refractivity contribution in [2.45, 2.75) is 168 Å². The van der Waals surface area contributed by atoms with Crippen molar-refractivity contribution < 1.29 is 19.4 Å². The third-order valence-corrected chi connectivity index (χ3v) is 7.07. The van der Waals surface area contributed by atoms with Crippen LogP contribution in [0.1, 0.15) is 162 Å². The number of rotatable bonds is 29. The van der Waals surface area contributed by atoms with Gasteiger partial charge in [-0.15, -0.1) is 0 Å². The van der Waals surface area contributed by atoms with E-state index in [9.17, 15) is 9.59 Å². The Hall–Kier alpha value is -2.10. The number of carboxylic acids is 1. The van der Waals surface area contributed by atoms with Gasteiger partial charge in [0.05, 0.1) is 0 Å². The number of hydrogen-bond acceptors (Lipinski definition) is 3. The first-order valence-electron chi connectivity index (χ1n) is 16.6. The molecule has 0 radical (unpaired) electrons. The largest absolute Gasteiger partial charge is 0.481 e. The van der Waals surface area contributed by atoms with Gasteiger partial charge in [0.2, 0.25) is 0 Å². The second kappa shape index (κ2) is 31.4. The molecule has 40 heavy (non-hydrogen) atoms. The highest BCUT2D eigenvalue weighted by Gasteiger charge is 2.14. The second-order valence-electron chi connectivity index (χ2n) is 11.0. The normalized spacial score (nSPS) is 12.8. The molecule has 0 rings (SSSR count). The molecule has 0 amide bonds. The predicted octanol–water partition coefficient (Wildman–Crippen LogP) is 11.2. The lowest BCUT2D eigenvalue weighted by atomic mass is 10.0. The summed E-state index contributed by atoms with van der Waals surface area (Å²) in [4.78, 5) is 23.3. The lowest BCUT2D eigenvalue weighted by Crippen LogP contribution is -2.18. The van der Waals surface area contributed by atoms with E-state index in [2.05, 4.69) is 62.5 Å². The van der Waals surface area contributed by atoms with Crippen LogP contribution in [-0.2, 0) is 14.3 Å². The standard InChI is InChI=1S/C36H62O4/c1-3-5-7-9-11-13-15-16-17-18-19-21-23-25-27-33-36(39)40-34(31-28-29-32-35(37)38)30-26-24-22-20-14-12-10-8-6-4-2/h5,7,11,13,16-17,19,21,34H,3-4,6,8-10,12,14-15,18,20,22-33H2,1-2H3,(H,37,38)/b7-5-,13-11-,17-16-,21-19-. The van der Waals surface area contributed by atoms with Gasteiger partial charge in [-0.25, -0.2) is 0 Å². The molecule has 0 aliphatic carbocycles. The maximum absolute atomic E-state index is 12.5. The van der Waals surface area contributed by atoms with Crippen molar-refractivity contribution in [1.82, 2.24) is 0 Å². The first-order valence-corrected chi connectivity index (χ1v) is 16.6. The summed E-state index contributed by atoms with van der Waals surface area (Å²) in [5.41, 5.74) is 0. The molecule has 1 unspecified atom stereocenters. The summed E-state index contributed by atoms with van der Waals surface area (Å²) in [5, 5.41) is 8.89. The maximum atomic E-state index is 12.5. The molecule has 0 aliphatic rings. The number of aliphatic carboxylic acids is 1. The fourth-order valence-corrected chi connectivity index (χ4v) is 4.64. The van der Waals surface area contributed by atoms with Crippen molar-refractivity contribution >= 4 is 11.9 Å². The smallest absolute Gasteiger partial charge is 0.306 e. The Morgan fingerprint density at radius 2 is 1.05 bits per heavy atom. The number of carbonyl (C=O) groups is 2. The Balaban J connectivity index is 4.04. The zero-order chi connectivity index (χ0) is 29.4. The van der Waals surface area contributed by atoms with Gasteiger partial charge in [0.15, 0.2) is 0 Å². The Morgan fingerprint density at radius 3 is 1.60 bits per heavy atom. The molecule has 0 aliphatic heterocycles. The molecule has 230 valence electrons. The quantitative estimate of drug-likeness (QED) is 0.0563. The Kier molecular flexibility index (Phi) is 29.8. The van der Waals surface area contributed by atoms with Crippen LogP contribution in [-0.4, -0.2) is 23.1 Å². The van der Waals surface area contributed by atoms with Crippen LogP contribution in [0.3, 0.4) is 0 Å². The molecule has 0 saturated heterocycles. The van der Waals surface area contributed by atoms with E-state index < -0.39 is 5.97 Å². The molecule has 0 spiro atoms. The van der Waals surface area contributed by atoms with Crippen LogP contribution in [0.15, 0.2) is 48.6 Å². The van der Waals surface area contributed by atoms with Gasteiger partial charge in [0.25, 0.3) is 0 Å².